The summed E-state index contributed by atoms with van der Waals surface area (Å²) in [5, 5.41) is 4.37. The fraction of sp³-hybridized carbons (Fsp3) is 0.136. The maximum Gasteiger partial charge on any atom is 0.261 e. The van der Waals surface area contributed by atoms with Crippen molar-refractivity contribution in [2.45, 2.75) is 6.42 Å². The summed E-state index contributed by atoms with van der Waals surface area (Å²) in [6.45, 7) is 0.365. The lowest BCUT2D eigenvalue weighted by Crippen LogP contribution is -2.44. The van der Waals surface area contributed by atoms with Gasteiger partial charge in [0.15, 0.2) is 0 Å². The zero-order valence-corrected chi connectivity index (χ0v) is 14.6. The molecule has 3 aromatic carbocycles. The van der Waals surface area contributed by atoms with Gasteiger partial charge in [0.1, 0.15) is 0 Å². The minimum Gasteiger partial charge on any atom is -0.354 e. The molecule has 134 valence electrons. The lowest BCUT2D eigenvalue weighted by Gasteiger charge is -2.27. The number of benzene rings is 3. The molecule has 5 nitrogen and oxygen atoms in total. The molecule has 0 unspecified atom stereocenters. The number of hydrogen-bond donors (Lipinski definition) is 1. The van der Waals surface area contributed by atoms with Crippen molar-refractivity contribution in [3.8, 4) is 0 Å². The van der Waals surface area contributed by atoms with E-state index in [2.05, 4.69) is 5.32 Å². The van der Waals surface area contributed by atoms with Gasteiger partial charge in [-0.05, 0) is 23.1 Å². The second-order valence-corrected chi connectivity index (χ2v) is 6.48. The van der Waals surface area contributed by atoms with Gasteiger partial charge in [0.2, 0.25) is 5.91 Å². The fourth-order valence-electron chi connectivity index (χ4n) is 3.43. The Morgan fingerprint density at radius 2 is 1.44 bits per heavy atom. The highest BCUT2D eigenvalue weighted by Crippen LogP contribution is 2.29. The molecule has 0 fully saturated rings. The average molecular weight is 358 g/mol. The van der Waals surface area contributed by atoms with Crippen molar-refractivity contribution in [3.05, 3.63) is 83.4 Å². The molecule has 1 heterocycles. The van der Waals surface area contributed by atoms with Crippen LogP contribution in [0, 0.1) is 0 Å². The van der Waals surface area contributed by atoms with Crippen LogP contribution in [0.15, 0.2) is 66.7 Å². The van der Waals surface area contributed by atoms with Gasteiger partial charge >= 0.3 is 0 Å². The average Bonchev–Trinajstić information content (AvgIpc) is 2.69. The quantitative estimate of drug-likeness (QED) is 0.713. The number of amides is 3. The van der Waals surface area contributed by atoms with Crippen LogP contribution in [0.25, 0.3) is 10.8 Å². The number of nitrogens with zero attached hydrogens (tertiary/aromatic N) is 1. The van der Waals surface area contributed by atoms with E-state index < -0.39 is 0 Å². The summed E-state index contributed by atoms with van der Waals surface area (Å²) in [4.78, 5) is 38.8. The molecule has 0 bridgehead atoms. The maximum absolute atomic E-state index is 12.8. The molecule has 5 heteroatoms. The monoisotopic (exact) mass is 358 g/mol. The zero-order valence-electron chi connectivity index (χ0n) is 14.6. The van der Waals surface area contributed by atoms with Crippen molar-refractivity contribution >= 4 is 28.5 Å². The van der Waals surface area contributed by atoms with E-state index >= 15 is 0 Å². The lowest BCUT2D eigenvalue weighted by molar-refractivity contribution is -0.120. The molecule has 3 amide bonds. The summed E-state index contributed by atoms with van der Waals surface area (Å²) in [7, 11) is 0. The second kappa shape index (κ2) is 7.03. The van der Waals surface area contributed by atoms with E-state index in [1.54, 1.807) is 12.1 Å². The Labute approximate surface area is 156 Å². The maximum atomic E-state index is 12.8. The number of imide groups is 1. The Kier molecular flexibility index (Phi) is 4.42. The first kappa shape index (κ1) is 17.0. The van der Waals surface area contributed by atoms with Crippen LogP contribution in [0.3, 0.4) is 0 Å². The van der Waals surface area contributed by atoms with E-state index in [1.165, 1.54) is 4.90 Å². The van der Waals surface area contributed by atoms with Crippen LogP contribution in [0.5, 0.6) is 0 Å². The largest absolute Gasteiger partial charge is 0.354 e. The highest BCUT2D eigenvalue weighted by Gasteiger charge is 2.32. The molecule has 4 rings (SSSR count). The van der Waals surface area contributed by atoms with Crippen LogP contribution < -0.4 is 5.32 Å². The highest BCUT2D eigenvalue weighted by atomic mass is 16.2. The first-order valence-corrected chi connectivity index (χ1v) is 8.84. The third-order valence-corrected chi connectivity index (χ3v) is 4.72. The third-order valence-electron chi connectivity index (χ3n) is 4.72. The van der Waals surface area contributed by atoms with Gasteiger partial charge in [0.05, 0.1) is 6.42 Å². The van der Waals surface area contributed by atoms with E-state index in [0.717, 1.165) is 10.9 Å². The molecule has 0 aliphatic carbocycles. The van der Waals surface area contributed by atoms with E-state index in [-0.39, 0.29) is 37.2 Å². The molecule has 0 atom stereocenters. The molecule has 1 aliphatic rings. The molecule has 3 aromatic rings. The molecule has 0 spiro atoms. The van der Waals surface area contributed by atoms with Crippen molar-refractivity contribution in [2.75, 3.05) is 13.1 Å². The number of hydrogen-bond acceptors (Lipinski definition) is 3. The van der Waals surface area contributed by atoms with Crippen LogP contribution in [-0.4, -0.2) is 35.7 Å². The van der Waals surface area contributed by atoms with Crippen molar-refractivity contribution < 1.29 is 14.4 Å². The summed E-state index contributed by atoms with van der Waals surface area (Å²) in [5.41, 5.74) is 1.97. The third kappa shape index (κ3) is 3.19. The van der Waals surface area contributed by atoms with E-state index in [1.807, 2.05) is 54.6 Å². The van der Waals surface area contributed by atoms with Crippen molar-refractivity contribution in [1.29, 1.82) is 0 Å². The van der Waals surface area contributed by atoms with Gasteiger partial charge in [-0.15, -0.1) is 0 Å². The Balaban J connectivity index is 1.45. The predicted octanol–water partition coefficient (Wildman–Crippen LogP) is 2.79. The molecule has 1 aliphatic heterocycles. The molecule has 0 aromatic heterocycles. The minimum atomic E-state index is -0.318. The molecule has 1 N–H and O–H groups in total. The first-order chi connectivity index (χ1) is 13.1. The van der Waals surface area contributed by atoms with Crippen LogP contribution in [0.1, 0.15) is 26.3 Å². The van der Waals surface area contributed by atoms with Gasteiger partial charge in [-0.1, -0.05) is 54.6 Å². The number of carbonyl (C=O) groups is 3. The van der Waals surface area contributed by atoms with Gasteiger partial charge in [0, 0.05) is 29.6 Å². The van der Waals surface area contributed by atoms with Gasteiger partial charge in [0.25, 0.3) is 11.8 Å². The van der Waals surface area contributed by atoms with E-state index in [9.17, 15) is 14.4 Å². The summed E-state index contributed by atoms with van der Waals surface area (Å²) >= 11 is 0. The molecular weight excluding hydrogens is 340 g/mol. The van der Waals surface area contributed by atoms with Gasteiger partial charge in [-0.2, -0.15) is 0 Å². The summed E-state index contributed by atoms with van der Waals surface area (Å²) in [6, 6.07) is 20.3. The Morgan fingerprint density at radius 3 is 2.07 bits per heavy atom. The van der Waals surface area contributed by atoms with Gasteiger partial charge in [-0.25, -0.2) is 0 Å². The molecular formula is C22H18N2O3. The van der Waals surface area contributed by atoms with E-state index in [0.29, 0.717) is 16.5 Å². The Hall–Kier alpha value is -3.47. The Bertz CT molecular complexity index is 993. The number of nitrogens with one attached hydrogen (secondary N) is 1. The minimum absolute atomic E-state index is 0.138. The van der Waals surface area contributed by atoms with Crippen LogP contribution >= 0.6 is 0 Å². The van der Waals surface area contributed by atoms with Crippen LogP contribution in [-0.2, 0) is 11.2 Å². The smallest absolute Gasteiger partial charge is 0.261 e. The van der Waals surface area contributed by atoms with Crippen molar-refractivity contribution in [3.63, 3.8) is 0 Å². The van der Waals surface area contributed by atoms with Gasteiger partial charge in [-0.3, -0.25) is 19.3 Å². The zero-order chi connectivity index (χ0) is 18.8. The second-order valence-electron chi connectivity index (χ2n) is 6.48. The van der Waals surface area contributed by atoms with Gasteiger partial charge < -0.3 is 5.32 Å². The van der Waals surface area contributed by atoms with E-state index in [4.69, 9.17) is 0 Å². The summed E-state index contributed by atoms with van der Waals surface area (Å²) < 4.78 is 0. The van der Waals surface area contributed by atoms with Crippen LogP contribution in [0.2, 0.25) is 0 Å². The normalized spacial score (nSPS) is 13.1. The number of rotatable bonds is 5. The summed E-state index contributed by atoms with van der Waals surface area (Å²) in [5.74, 6) is -0.774. The Morgan fingerprint density at radius 1 is 0.815 bits per heavy atom. The first-order valence-electron chi connectivity index (χ1n) is 8.84. The standard InChI is InChI=1S/C22H18N2O3/c25-19(14-15-6-2-1-3-7-15)23-12-13-24-21(26)17-10-4-8-16-9-5-11-18(20(16)17)22(24)27/h1-11H,12-14H2,(H,23,25). The molecule has 27 heavy (non-hydrogen) atoms. The fourth-order valence-corrected chi connectivity index (χ4v) is 3.43. The van der Waals surface area contributed by atoms with Crippen LogP contribution in [0.4, 0.5) is 0 Å². The predicted molar refractivity (Wildman–Crippen MR) is 102 cm³/mol. The van der Waals surface area contributed by atoms with Crippen molar-refractivity contribution in [1.82, 2.24) is 10.2 Å². The molecule has 0 radical (unpaired) electrons. The molecule has 0 saturated carbocycles. The summed E-state index contributed by atoms with van der Waals surface area (Å²) in [6.07, 6.45) is 0.269. The molecule has 0 saturated heterocycles. The topological polar surface area (TPSA) is 66.5 Å². The highest BCUT2D eigenvalue weighted by molar-refractivity contribution is 6.25. The lowest BCUT2D eigenvalue weighted by atomic mass is 9.94. The SMILES string of the molecule is O=C(Cc1ccccc1)NCCN1C(=O)c2cccc3cccc(c23)C1=O. The number of carbonyl (C=O) groups excluding carboxylic acids is 3. The van der Waals surface area contributed by atoms with Crippen molar-refractivity contribution in [2.24, 2.45) is 0 Å².